The molecule has 148 valence electrons. The van der Waals surface area contributed by atoms with Crippen molar-refractivity contribution in [3.05, 3.63) is 57.6 Å². The van der Waals surface area contributed by atoms with E-state index in [1.165, 1.54) is 5.69 Å². The quantitative estimate of drug-likeness (QED) is 0.578. The summed E-state index contributed by atoms with van der Waals surface area (Å²) >= 11 is 0. The molecule has 2 heterocycles. The Morgan fingerprint density at radius 1 is 1.14 bits per heavy atom. The summed E-state index contributed by atoms with van der Waals surface area (Å²) in [6.07, 6.45) is 0. The number of hydrogen-bond acceptors (Lipinski definition) is 7. The minimum atomic E-state index is -0.361. The van der Waals surface area contributed by atoms with Gasteiger partial charge in [0, 0.05) is 61.7 Å². The summed E-state index contributed by atoms with van der Waals surface area (Å²) in [5.41, 5.74) is 2.85. The summed E-state index contributed by atoms with van der Waals surface area (Å²) in [5, 5.41) is 11.3. The van der Waals surface area contributed by atoms with Crippen LogP contribution in [0.2, 0.25) is 0 Å². The van der Waals surface area contributed by atoms with E-state index in [1.54, 1.807) is 19.2 Å². The number of piperazine rings is 1. The molecule has 0 amide bonds. The maximum atomic E-state index is 11.3. The van der Waals surface area contributed by atoms with E-state index in [0.29, 0.717) is 13.2 Å². The zero-order chi connectivity index (χ0) is 19.5. The fraction of sp³-hybridized carbons (Fsp3) is 0.400. The molecule has 8 heteroatoms. The third-order valence-electron chi connectivity index (χ3n) is 5.19. The standard InChI is InChI=1S/C20H23N3O5/c1-26-19-4-2-17(3-5-19)22-8-6-21(7-9-22)12-15-10-18(23(24)25)11-16-13-27-14-28-20(15)16/h2-5,10-11H,6-9,12-14H2,1H3. The predicted molar refractivity (Wildman–Crippen MR) is 104 cm³/mol. The highest BCUT2D eigenvalue weighted by atomic mass is 16.7. The van der Waals surface area contributed by atoms with Crippen LogP contribution in [0.4, 0.5) is 11.4 Å². The second-order valence-corrected chi connectivity index (χ2v) is 6.92. The van der Waals surface area contributed by atoms with E-state index < -0.39 is 0 Å². The second kappa shape index (κ2) is 8.04. The molecule has 28 heavy (non-hydrogen) atoms. The number of ether oxygens (including phenoxy) is 3. The number of hydrogen-bond donors (Lipinski definition) is 0. The van der Waals surface area contributed by atoms with Crippen molar-refractivity contribution < 1.29 is 19.1 Å². The Morgan fingerprint density at radius 2 is 1.89 bits per heavy atom. The smallest absolute Gasteiger partial charge is 0.270 e. The maximum absolute atomic E-state index is 11.3. The van der Waals surface area contributed by atoms with Gasteiger partial charge in [-0.15, -0.1) is 0 Å². The zero-order valence-corrected chi connectivity index (χ0v) is 15.8. The van der Waals surface area contributed by atoms with Crippen LogP contribution in [0, 0.1) is 10.1 Å². The summed E-state index contributed by atoms with van der Waals surface area (Å²) in [7, 11) is 1.66. The SMILES string of the molecule is COc1ccc(N2CCN(Cc3cc([N+](=O)[O-])cc4c3OCOC4)CC2)cc1. The normalized spacial score (nSPS) is 17.0. The van der Waals surface area contributed by atoms with E-state index in [0.717, 1.165) is 48.8 Å². The first-order chi connectivity index (χ1) is 13.6. The minimum Gasteiger partial charge on any atom is -0.497 e. The van der Waals surface area contributed by atoms with Crippen molar-refractivity contribution in [2.24, 2.45) is 0 Å². The van der Waals surface area contributed by atoms with Gasteiger partial charge in [0.25, 0.3) is 5.69 Å². The average molecular weight is 385 g/mol. The van der Waals surface area contributed by atoms with E-state index in [4.69, 9.17) is 14.2 Å². The molecular formula is C20H23N3O5. The Hall–Kier alpha value is -2.84. The van der Waals surface area contributed by atoms with Gasteiger partial charge in [-0.2, -0.15) is 0 Å². The van der Waals surface area contributed by atoms with E-state index in [9.17, 15) is 10.1 Å². The zero-order valence-electron chi connectivity index (χ0n) is 15.8. The molecule has 0 radical (unpaired) electrons. The number of fused-ring (bicyclic) bond motifs is 1. The molecule has 4 rings (SSSR count). The lowest BCUT2D eigenvalue weighted by Crippen LogP contribution is -2.46. The van der Waals surface area contributed by atoms with Crippen LogP contribution in [0.15, 0.2) is 36.4 Å². The Balaban J connectivity index is 1.44. The molecule has 0 atom stereocenters. The van der Waals surface area contributed by atoms with Crippen LogP contribution >= 0.6 is 0 Å². The fourth-order valence-electron chi connectivity index (χ4n) is 3.70. The molecule has 0 bridgehead atoms. The van der Waals surface area contributed by atoms with E-state index in [-0.39, 0.29) is 17.4 Å². The highest BCUT2D eigenvalue weighted by Gasteiger charge is 2.24. The van der Waals surface area contributed by atoms with Crippen molar-refractivity contribution in [2.75, 3.05) is 45.0 Å². The molecule has 0 saturated carbocycles. The molecule has 2 aliphatic rings. The Kier molecular flexibility index (Phi) is 5.31. The van der Waals surface area contributed by atoms with Crippen LogP contribution in [0.1, 0.15) is 11.1 Å². The minimum absolute atomic E-state index is 0.0831. The predicted octanol–water partition coefficient (Wildman–Crippen LogP) is 2.79. The Morgan fingerprint density at radius 3 is 2.57 bits per heavy atom. The van der Waals surface area contributed by atoms with Gasteiger partial charge in [-0.25, -0.2) is 0 Å². The summed E-state index contributed by atoms with van der Waals surface area (Å²) in [6.45, 7) is 4.69. The molecule has 2 aliphatic heterocycles. The molecule has 8 nitrogen and oxygen atoms in total. The molecule has 1 fully saturated rings. The lowest BCUT2D eigenvalue weighted by Gasteiger charge is -2.36. The van der Waals surface area contributed by atoms with Gasteiger partial charge >= 0.3 is 0 Å². The molecule has 0 N–H and O–H groups in total. The summed E-state index contributed by atoms with van der Waals surface area (Å²) in [4.78, 5) is 15.6. The number of benzene rings is 2. The number of nitro benzene ring substituents is 1. The van der Waals surface area contributed by atoms with Crippen molar-refractivity contribution in [3.8, 4) is 11.5 Å². The highest BCUT2D eigenvalue weighted by molar-refractivity contribution is 5.51. The maximum Gasteiger partial charge on any atom is 0.270 e. The number of methoxy groups -OCH3 is 1. The molecule has 2 aromatic rings. The fourth-order valence-corrected chi connectivity index (χ4v) is 3.70. The van der Waals surface area contributed by atoms with Crippen molar-refractivity contribution in [3.63, 3.8) is 0 Å². The number of rotatable bonds is 5. The Labute approximate surface area is 163 Å². The van der Waals surface area contributed by atoms with Gasteiger partial charge in [0.2, 0.25) is 0 Å². The first-order valence-corrected chi connectivity index (χ1v) is 9.26. The van der Waals surface area contributed by atoms with Crippen LogP contribution in [0.25, 0.3) is 0 Å². The topological polar surface area (TPSA) is 77.3 Å². The van der Waals surface area contributed by atoms with Gasteiger partial charge in [-0.05, 0) is 24.3 Å². The molecule has 2 aromatic carbocycles. The summed E-state index contributed by atoms with van der Waals surface area (Å²) in [6, 6.07) is 11.2. The van der Waals surface area contributed by atoms with Crippen LogP contribution in [-0.4, -0.2) is 49.9 Å². The van der Waals surface area contributed by atoms with Gasteiger partial charge in [-0.3, -0.25) is 15.0 Å². The van der Waals surface area contributed by atoms with Crippen molar-refractivity contribution in [1.29, 1.82) is 0 Å². The largest absolute Gasteiger partial charge is 0.497 e. The van der Waals surface area contributed by atoms with Gasteiger partial charge in [0.15, 0.2) is 6.79 Å². The van der Waals surface area contributed by atoms with Crippen molar-refractivity contribution in [1.82, 2.24) is 4.90 Å². The average Bonchev–Trinajstić information content (AvgIpc) is 2.74. The lowest BCUT2D eigenvalue weighted by atomic mass is 10.1. The molecule has 0 aromatic heterocycles. The lowest BCUT2D eigenvalue weighted by molar-refractivity contribution is -0.385. The van der Waals surface area contributed by atoms with Gasteiger partial charge < -0.3 is 19.1 Å². The first-order valence-electron chi connectivity index (χ1n) is 9.26. The monoisotopic (exact) mass is 385 g/mol. The number of nitro groups is 1. The van der Waals surface area contributed by atoms with Gasteiger partial charge in [0.05, 0.1) is 18.6 Å². The molecule has 0 spiro atoms. The summed E-state index contributed by atoms with van der Waals surface area (Å²) in [5.74, 6) is 1.58. The third-order valence-corrected chi connectivity index (χ3v) is 5.19. The van der Waals surface area contributed by atoms with Crippen LogP contribution < -0.4 is 14.4 Å². The molecule has 1 saturated heterocycles. The molecule has 0 unspecified atom stereocenters. The third kappa shape index (κ3) is 3.88. The Bertz CT molecular complexity index is 848. The highest BCUT2D eigenvalue weighted by Crippen LogP contribution is 2.33. The van der Waals surface area contributed by atoms with Crippen molar-refractivity contribution >= 4 is 11.4 Å². The van der Waals surface area contributed by atoms with Gasteiger partial charge in [0.1, 0.15) is 11.5 Å². The number of non-ortho nitro benzene ring substituents is 1. The number of nitrogens with zero attached hydrogens (tertiary/aromatic N) is 3. The van der Waals surface area contributed by atoms with E-state index >= 15 is 0 Å². The van der Waals surface area contributed by atoms with Crippen LogP contribution in [0.3, 0.4) is 0 Å². The summed E-state index contributed by atoms with van der Waals surface area (Å²) < 4.78 is 16.1. The van der Waals surface area contributed by atoms with Crippen molar-refractivity contribution in [2.45, 2.75) is 13.2 Å². The number of anilines is 1. The van der Waals surface area contributed by atoms with Gasteiger partial charge in [-0.1, -0.05) is 0 Å². The second-order valence-electron chi connectivity index (χ2n) is 6.92. The van der Waals surface area contributed by atoms with E-state index in [2.05, 4.69) is 21.9 Å². The first kappa shape index (κ1) is 18.5. The van der Waals surface area contributed by atoms with Crippen LogP contribution in [-0.2, 0) is 17.9 Å². The molecular weight excluding hydrogens is 362 g/mol. The van der Waals surface area contributed by atoms with Crippen LogP contribution in [0.5, 0.6) is 11.5 Å². The molecule has 0 aliphatic carbocycles. The van der Waals surface area contributed by atoms with E-state index in [1.807, 2.05) is 12.1 Å².